The molecular weight excluding hydrogens is 328 g/mol. The Bertz CT molecular complexity index is 735. The molecule has 1 aliphatic heterocycles. The van der Waals surface area contributed by atoms with E-state index in [2.05, 4.69) is 17.1 Å². The molecule has 1 aromatic carbocycles. The van der Waals surface area contributed by atoms with Crippen LogP contribution in [0.2, 0.25) is 0 Å². The van der Waals surface area contributed by atoms with Gasteiger partial charge in [0.25, 0.3) is 0 Å². The molecule has 1 aliphatic rings. The number of benzene rings is 1. The molecule has 0 saturated carbocycles. The van der Waals surface area contributed by atoms with Crippen LogP contribution in [0.1, 0.15) is 41.6 Å². The van der Waals surface area contributed by atoms with Gasteiger partial charge in [0.05, 0.1) is 6.61 Å². The zero-order chi connectivity index (χ0) is 18.4. The number of aromatic nitrogens is 1. The molecule has 0 spiro atoms. The van der Waals surface area contributed by atoms with E-state index in [-0.39, 0.29) is 17.6 Å². The minimum absolute atomic E-state index is 0.119. The van der Waals surface area contributed by atoms with Crippen molar-refractivity contribution in [1.29, 1.82) is 0 Å². The molecule has 1 atom stereocenters. The SMILES string of the molecule is O=C(O)c1cccnc1N1CCC[C@@](CO)(CCCc2ccccc2)C1. The first-order valence-electron chi connectivity index (χ1n) is 9.22. The van der Waals surface area contributed by atoms with Crippen LogP contribution in [0.3, 0.4) is 0 Å². The van der Waals surface area contributed by atoms with Gasteiger partial charge in [-0.3, -0.25) is 0 Å². The van der Waals surface area contributed by atoms with Crippen LogP contribution in [0, 0.1) is 5.41 Å². The third-order valence-corrected chi connectivity index (χ3v) is 5.33. The van der Waals surface area contributed by atoms with E-state index in [1.54, 1.807) is 18.3 Å². The first kappa shape index (κ1) is 18.4. The van der Waals surface area contributed by atoms with Crippen LogP contribution in [0.25, 0.3) is 0 Å². The molecule has 26 heavy (non-hydrogen) atoms. The van der Waals surface area contributed by atoms with Crippen LogP contribution in [0.5, 0.6) is 0 Å². The van der Waals surface area contributed by atoms with Crippen LogP contribution in [0.4, 0.5) is 5.82 Å². The Hall–Kier alpha value is -2.40. The second-order valence-electron chi connectivity index (χ2n) is 7.20. The molecule has 1 fully saturated rings. The fourth-order valence-electron chi connectivity index (χ4n) is 3.93. The number of rotatable bonds is 7. The maximum atomic E-state index is 11.5. The summed E-state index contributed by atoms with van der Waals surface area (Å²) in [6.45, 7) is 1.54. The van der Waals surface area contributed by atoms with Crippen molar-refractivity contribution in [3.8, 4) is 0 Å². The standard InChI is InChI=1S/C21H26N2O3/c24-16-21(11-4-9-17-7-2-1-3-8-17)12-6-14-23(15-21)19-18(20(25)26)10-5-13-22-19/h1-3,5,7-8,10,13,24H,4,6,9,11-12,14-16H2,(H,25,26)/t21-/m0/s1. The third kappa shape index (κ3) is 4.22. The molecule has 1 aromatic heterocycles. The molecule has 138 valence electrons. The van der Waals surface area contributed by atoms with Crippen molar-refractivity contribution in [2.24, 2.45) is 5.41 Å². The van der Waals surface area contributed by atoms with Gasteiger partial charge in [-0.05, 0) is 49.8 Å². The topological polar surface area (TPSA) is 73.7 Å². The average Bonchev–Trinajstić information content (AvgIpc) is 2.69. The summed E-state index contributed by atoms with van der Waals surface area (Å²) < 4.78 is 0. The lowest BCUT2D eigenvalue weighted by Gasteiger charge is -2.43. The number of aromatic carboxylic acids is 1. The Kier molecular flexibility index (Phi) is 5.89. The van der Waals surface area contributed by atoms with Crippen molar-refractivity contribution in [3.05, 3.63) is 59.8 Å². The van der Waals surface area contributed by atoms with Gasteiger partial charge < -0.3 is 15.1 Å². The maximum absolute atomic E-state index is 11.5. The molecule has 0 aliphatic carbocycles. The van der Waals surface area contributed by atoms with E-state index in [0.29, 0.717) is 12.4 Å². The molecule has 5 heteroatoms. The minimum atomic E-state index is -0.961. The molecule has 3 rings (SSSR count). The number of piperidine rings is 1. The summed E-state index contributed by atoms with van der Waals surface area (Å²) in [5, 5.41) is 19.6. The van der Waals surface area contributed by atoms with Gasteiger partial charge in [0.2, 0.25) is 0 Å². The number of hydrogen-bond donors (Lipinski definition) is 2. The lowest BCUT2D eigenvalue weighted by Crippen LogP contribution is -2.46. The van der Waals surface area contributed by atoms with Gasteiger partial charge in [-0.1, -0.05) is 30.3 Å². The number of nitrogens with zero attached hydrogens (tertiary/aromatic N) is 2. The van der Waals surface area contributed by atoms with Crippen LogP contribution in [-0.2, 0) is 6.42 Å². The number of aryl methyl sites for hydroxylation is 1. The summed E-state index contributed by atoms with van der Waals surface area (Å²) in [7, 11) is 0. The lowest BCUT2D eigenvalue weighted by molar-refractivity contribution is 0.0695. The molecule has 0 radical (unpaired) electrons. The summed E-state index contributed by atoms with van der Waals surface area (Å²) in [5.41, 5.74) is 1.34. The molecule has 0 unspecified atom stereocenters. The molecular formula is C21H26N2O3. The highest BCUT2D eigenvalue weighted by molar-refractivity contribution is 5.93. The largest absolute Gasteiger partial charge is 0.478 e. The van der Waals surface area contributed by atoms with Crippen molar-refractivity contribution in [1.82, 2.24) is 4.98 Å². The predicted octanol–water partition coefficient (Wildman–Crippen LogP) is 3.38. The fourth-order valence-corrected chi connectivity index (χ4v) is 3.93. The number of carboxylic acids is 1. The van der Waals surface area contributed by atoms with Crippen LogP contribution in [0.15, 0.2) is 48.7 Å². The van der Waals surface area contributed by atoms with E-state index in [9.17, 15) is 15.0 Å². The van der Waals surface area contributed by atoms with E-state index < -0.39 is 5.97 Å². The summed E-state index contributed by atoms with van der Waals surface area (Å²) in [5.74, 6) is -0.446. The number of pyridine rings is 1. The Balaban J connectivity index is 1.69. The van der Waals surface area contributed by atoms with Gasteiger partial charge in [0.1, 0.15) is 11.4 Å². The smallest absolute Gasteiger partial charge is 0.339 e. The van der Waals surface area contributed by atoms with Gasteiger partial charge in [-0.25, -0.2) is 9.78 Å². The number of aliphatic hydroxyl groups is 1. The number of carbonyl (C=O) groups is 1. The summed E-state index contributed by atoms with van der Waals surface area (Å²) in [4.78, 5) is 17.9. The molecule has 0 bridgehead atoms. The number of hydrogen-bond acceptors (Lipinski definition) is 4. The second kappa shape index (κ2) is 8.32. The van der Waals surface area contributed by atoms with Crippen LogP contribution in [-0.4, -0.2) is 40.9 Å². The van der Waals surface area contributed by atoms with Crippen molar-refractivity contribution >= 4 is 11.8 Å². The average molecular weight is 354 g/mol. The first-order chi connectivity index (χ1) is 12.6. The van der Waals surface area contributed by atoms with E-state index >= 15 is 0 Å². The monoisotopic (exact) mass is 354 g/mol. The van der Waals surface area contributed by atoms with Crippen molar-refractivity contribution in [3.63, 3.8) is 0 Å². The van der Waals surface area contributed by atoms with E-state index in [1.807, 2.05) is 23.1 Å². The lowest BCUT2D eigenvalue weighted by atomic mass is 9.76. The van der Waals surface area contributed by atoms with Crippen molar-refractivity contribution in [2.75, 3.05) is 24.6 Å². The quantitative estimate of drug-likeness (QED) is 0.797. The molecule has 5 nitrogen and oxygen atoms in total. The highest BCUT2D eigenvalue weighted by Crippen LogP contribution is 2.37. The van der Waals surface area contributed by atoms with Gasteiger partial charge in [-0.2, -0.15) is 0 Å². The summed E-state index contributed by atoms with van der Waals surface area (Å²) in [6, 6.07) is 13.6. The van der Waals surface area contributed by atoms with E-state index in [4.69, 9.17) is 0 Å². The van der Waals surface area contributed by atoms with E-state index in [0.717, 1.165) is 38.6 Å². The van der Waals surface area contributed by atoms with Gasteiger partial charge in [0, 0.05) is 24.7 Å². The molecule has 2 heterocycles. The highest BCUT2D eigenvalue weighted by atomic mass is 16.4. The van der Waals surface area contributed by atoms with Crippen molar-refractivity contribution < 1.29 is 15.0 Å². The molecule has 0 amide bonds. The van der Waals surface area contributed by atoms with Gasteiger partial charge in [0.15, 0.2) is 0 Å². The van der Waals surface area contributed by atoms with Gasteiger partial charge in [-0.15, -0.1) is 0 Å². The Morgan fingerprint density at radius 3 is 2.73 bits per heavy atom. The maximum Gasteiger partial charge on any atom is 0.339 e. The number of carboxylic acid groups (broad SMARTS) is 1. The van der Waals surface area contributed by atoms with Crippen molar-refractivity contribution in [2.45, 2.75) is 32.1 Å². The van der Waals surface area contributed by atoms with Gasteiger partial charge >= 0.3 is 5.97 Å². The van der Waals surface area contributed by atoms with Crippen LogP contribution < -0.4 is 4.90 Å². The zero-order valence-electron chi connectivity index (χ0n) is 15.0. The third-order valence-electron chi connectivity index (χ3n) is 5.33. The fraction of sp³-hybridized carbons (Fsp3) is 0.429. The Morgan fingerprint density at radius 1 is 1.19 bits per heavy atom. The Labute approximate surface area is 154 Å². The van der Waals surface area contributed by atoms with E-state index in [1.165, 1.54) is 5.56 Å². The normalized spacial score (nSPS) is 20.1. The first-order valence-corrected chi connectivity index (χ1v) is 9.22. The zero-order valence-corrected chi connectivity index (χ0v) is 15.0. The Morgan fingerprint density at radius 2 is 2.00 bits per heavy atom. The number of anilines is 1. The molecule has 2 N–H and O–H groups in total. The minimum Gasteiger partial charge on any atom is -0.478 e. The predicted molar refractivity (Wildman–Crippen MR) is 102 cm³/mol. The second-order valence-corrected chi connectivity index (χ2v) is 7.20. The highest BCUT2D eigenvalue weighted by Gasteiger charge is 2.36. The summed E-state index contributed by atoms with van der Waals surface area (Å²) in [6.07, 6.45) is 6.45. The molecule has 2 aromatic rings. The number of aliphatic hydroxyl groups excluding tert-OH is 1. The summed E-state index contributed by atoms with van der Waals surface area (Å²) >= 11 is 0. The molecule has 1 saturated heterocycles. The van der Waals surface area contributed by atoms with Crippen LogP contribution >= 0.6 is 0 Å².